The van der Waals surface area contributed by atoms with Gasteiger partial charge in [0.25, 0.3) is 11.5 Å². The topological polar surface area (TPSA) is 88.2 Å². The minimum atomic E-state index is -1.68. The lowest BCUT2D eigenvalue weighted by molar-refractivity contribution is -0.154. The maximum absolute atomic E-state index is 11.8. The summed E-state index contributed by atoms with van der Waals surface area (Å²) in [5.74, 6) is -1.70. The fraction of sp³-hybridized carbons (Fsp3) is 0.800. The Morgan fingerprint density at radius 3 is 2.44 bits per heavy atom. The van der Waals surface area contributed by atoms with E-state index in [9.17, 15) is 14.7 Å². The third-order valence-corrected chi connectivity index (χ3v) is 3.65. The minimum absolute atomic E-state index is 0.282. The molecule has 2 fully saturated rings. The van der Waals surface area contributed by atoms with E-state index in [4.69, 9.17) is 4.74 Å². The molecule has 6 nitrogen and oxygen atoms in total. The van der Waals surface area contributed by atoms with Gasteiger partial charge in [-0.15, -0.1) is 0 Å². The zero-order valence-electron chi connectivity index (χ0n) is 9.66. The van der Waals surface area contributed by atoms with Gasteiger partial charge in [-0.2, -0.15) is 0 Å². The summed E-state index contributed by atoms with van der Waals surface area (Å²) in [5, 5.41) is 12.8. The number of fused-ring (bicyclic) bond motifs is 1. The van der Waals surface area contributed by atoms with Gasteiger partial charge in [-0.25, -0.2) is 4.79 Å². The third-order valence-electron chi connectivity index (χ3n) is 3.65. The molecule has 16 heavy (non-hydrogen) atoms. The van der Waals surface area contributed by atoms with Crippen molar-refractivity contribution in [3.8, 4) is 0 Å². The monoisotopic (exact) mass is 229 g/mol. The highest BCUT2D eigenvalue weighted by molar-refractivity contribution is 6.13. The standard InChI is InChI=1S/C10H15NO5/c1-5(2)10(14)8(3)9(16-8,6(12)11-10)7(13)15-4/h5,14H,1-4H3,(H,11,12). The summed E-state index contributed by atoms with van der Waals surface area (Å²) < 4.78 is 9.78. The first kappa shape index (κ1) is 11.3. The highest BCUT2D eigenvalue weighted by Gasteiger charge is 2.90. The lowest BCUT2D eigenvalue weighted by Gasteiger charge is -2.32. The van der Waals surface area contributed by atoms with Gasteiger partial charge in [0, 0.05) is 5.92 Å². The summed E-state index contributed by atoms with van der Waals surface area (Å²) in [7, 11) is 1.18. The summed E-state index contributed by atoms with van der Waals surface area (Å²) >= 11 is 0. The van der Waals surface area contributed by atoms with Gasteiger partial charge in [0.2, 0.25) is 0 Å². The van der Waals surface area contributed by atoms with E-state index < -0.39 is 28.8 Å². The predicted molar refractivity (Wildman–Crippen MR) is 52.2 cm³/mol. The Labute approximate surface area is 92.9 Å². The minimum Gasteiger partial charge on any atom is -0.466 e. The molecule has 0 aromatic heterocycles. The van der Waals surface area contributed by atoms with Gasteiger partial charge in [-0.3, -0.25) is 4.79 Å². The number of esters is 1. The van der Waals surface area contributed by atoms with Crippen LogP contribution in [0, 0.1) is 5.92 Å². The number of carbonyl (C=O) groups excluding carboxylic acids is 2. The van der Waals surface area contributed by atoms with E-state index in [1.165, 1.54) is 14.0 Å². The predicted octanol–water partition coefficient (Wildman–Crippen LogP) is -0.839. The average Bonchev–Trinajstić information content (AvgIpc) is 2.81. The number of hydrogen-bond donors (Lipinski definition) is 2. The maximum atomic E-state index is 11.8. The van der Waals surface area contributed by atoms with Gasteiger partial charge in [0.1, 0.15) is 0 Å². The summed E-state index contributed by atoms with van der Waals surface area (Å²) in [5.41, 5.74) is -4.47. The Balaban J connectivity index is 2.45. The number of aliphatic hydroxyl groups is 1. The molecule has 0 spiro atoms. The Morgan fingerprint density at radius 1 is 1.56 bits per heavy atom. The van der Waals surface area contributed by atoms with Crippen LogP contribution in [0.5, 0.6) is 0 Å². The Hall–Kier alpha value is -1.14. The van der Waals surface area contributed by atoms with E-state index in [0.29, 0.717) is 0 Å². The molecule has 3 unspecified atom stereocenters. The molecule has 0 radical (unpaired) electrons. The lowest BCUT2D eigenvalue weighted by atomic mass is 9.83. The van der Waals surface area contributed by atoms with Gasteiger partial charge < -0.3 is 19.9 Å². The molecule has 6 heteroatoms. The van der Waals surface area contributed by atoms with E-state index in [-0.39, 0.29) is 5.92 Å². The summed E-state index contributed by atoms with van der Waals surface area (Å²) in [6.07, 6.45) is 0. The number of ether oxygens (including phenoxy) is 2. The van der Waals surface area contributed by atoms with Crippen LogP contribution in [0.25, 0.3) is 0 Å². The number of amides is 1. The van der Waals surface area contributed by atoms with Crippen LogP contribution in [0.2, 0.25) is 0 Å². The smallest absolute Gasteiger partial charge is 0.351 e. The van der Waals surface area contributed by atoms with E-state index in [1.807, 2.05) is 0 Å². The van der Waals surface area contributed by atoms with Crippen molar-refractivity contribution < 1.29 is 24.2 Å². The van der Waals surface area contributed by atoms with E-state index in [1.54, 1.807) is 13.8 Å². The molecule has 0 aromatic rings. The Bertz CT molecular complexity index is 381. The first-order valence-electron chi connectivity index (χ1n) is 5.10. The molecule has 0 bridgehead atoms. The molecule has 0 aliphatic carbocycles. The maximum Gasteiger partial charge on any atom is 0.351 e. The number of hydrogen-bond acceptors (Lipinski definition) is 5. The molecule has 2 aliphatic rings. The van der Waals surface area contributed by atoms with Crippen molar-refractivity contribution in [3.05, 3.63) is 0 Å². The van der Waals surface area contributed by atoms with Crippen molar-refractivity contribution in [3.63, 3.8) is 0 Å². The molecule has 2 heterocycles. The Kier molecular flexibility index (Phi) is 1.95. The van der Waals surface area contributed by atoms with Crippen LogP contribution >= 0.6 is 0 Å². The molecule has 0 saturated carbocycles. The SMILES string of the molecule is COC(=O)C12OC1(C)C(O)(C(C)C)NC2=O. The number of rotatable bonds is 2. The second-order valence-electron chi connectivity index (χ2n) is 4.68. The molecule has 2 rings (SSSR count). The van der Waals surface area contributed by atoms with Crippen molar-refractivity contribution in [2.24, 2.45) is 5.92 Å². The molecular formula is C10H15NO5. The van der Waals surface area contributed by atoms with Gasteiger partial charge in [0.15, 0.2) is 11.3 Å². The molecule has 1 amide bonds. The highest BCUT2D eigenvalue weighted by atomic mass is 16.7. The molecule has 2 aliphatic heterocycles. The van der Waals surface area contributed by atoms with Crippen LogP contribution < -0.4 is 5.32 Å². The van der Waals surface area contributed by atoms with Crippen molar-refractivity contribution in [2.45, 2.75) is 37.7 Å². The quantitative estimate of drug-likeness (QED) is 0.366. The van der Waals surface area contributed by atoms with E-state index >= 15 is 0 Å². The van der Waals surface area contributed by atoms with Crippen molar-refractivity contribution >= 4 is 11.9 Å². The van der Waals surface area contributed by atoms with Crippen molar-refractivity contribution in [1.29, 1.82) is 0 Å². The number of epoxide rings is 1. The number of methoxy groups -OCH3 is 1. The normalized spacial score (nSPS) is 45.2. The number of carbonyl (C=O) groups is 2. The van der Waals surface area contributed by atoms with Gasteiger partial charge >= 0.3 is 5.97 Å². The zero-order chi connectivity index (χ0) is 12.4. The van der Waals surface area contributed by atoms with E-state index in [2.05, 4.69) is 10.1 Å². The summed E-state index contributed by atoms with van der Waals surface area (Å²) in [4.78, 5) is 23.4. The number of morpholine rings is 1. The average molecular weight is 229 g/mol. The van der Waals surface area contributed by atoms with Crippen molar-refractivity contribution in [2.75, 3.05) is 7.11 Å². The first-order valence-corrected chi connectivity index (χ1v) is 5.10. The highest BCUT2D eigenvalue weighted by Crippen LogP contribution is 2.60. The fourth-order valence-corrected chi connectivity index (χ4v) is 2.44. The number of nitrogens with one attached hydrogen (secondary N) is 1. The van der Waals surface area contributed by atoms with E-state index in [0.717, 1.165) is 0 Å². The first-order chi connectivity index (χ1) is 7.26. The zero-order valence-corrected chi connectivity index (χ0v) is 9.66. The van der Waals surface area contributed by atoms with Gasteiger partial charge in [-0.05, 0) is 6.92 Å². The van der Waals surface area contributed by atoms with Crippen LogP contribution in [0.15, 0.2) is 0 Å². The van der Waals surface area contributed by atoms with Crippen LogP contribution in [-0.2, 0) is 19.1 Å². The summed E-state index contributed by atoms with van der Waals surface area (Å²) in [6, 6.07) is 0. The molecule has 0 aromatic carbocycles. The largest absolute Gasteiger partial charge is 0.466 e. The van der Waals surface area contributed by atoms with Crippen molar-refractivity contribution in [1.82, 2.24) is 5.32 Å². The summed E-state index contributed by atoms with van der Waals surface area (Å²) in [6.45, 7) is 5.00. The van der Waals surface area contributed by atoms with Crippen LogP contribution in [0.1, 0.15) is 20.8 Å². The van der Waals surface area contributed by atoms with Crippen LogP contribution in [-0.4, -0.2) is 41.0 Å². The molecule has 2 saturated heterocycles. The van der Waals surface area contributed by atoms with Crippen LogP contribution in [0.4, 0.5) is 0 Å². The molecule has 3 atom stereocenters. The van der Waals surface area contributed by atoms with Gasteiger partial charge in [0.05, 0.1) is 7.11 Å². The molecule has 2 N–H and O–H groups in total. The fourth-order valence-electron chi connectivity index (χ4n) is 2.44. The second-order valence-corrected chi connectivity index (χ2v) is 4.68. The van der Waals surface area contributed by atoms with Gasteiger partial charge in [-0.1, -0.05) is 13.8 Å². The third kappa shape index (κ3) is 0.860. The lowest BCUT2D eigenvalue weighted by Crippen LogP contribution is -2.56. The Morgan fingerprint density at radius 2 is 2.12 bits per heavy atom. The molecule has 90 valence electrons. The van der Waals surface area contributed by atoms with Crippen LogP contribution in [0.3, 0.4) is 0 Å². The molecular weight excluding hydrogens is 214 g/mol. The second kappa shape index (κ2) is 2.75.